The molecule has 6 nitrogen and oxygen atoms in total. The number of piperazine rings is 1. The first-order valence-electron chi connectivity index (χ1n) is 10.7. The average Bonchev–Trinajstić information content (AvgIpc) is 2.80. The summed E-state index contributed by atoms with van der Waals surface area (Å²) in [6.45, 7) is 5.46. The molecule has 0 aromatic heterocycles. The van der Waals surface area contributed by atoms with Gasteiger partial charge in [-0.3, -0.25) is 9.69 Å². The van der Waals surface area contributed by atoms with Gasteiger partial charge in [0, 0.05) is 39.3 Å². The number of carbonyl (C=O) groups excluding carboxylic acids is 1. The highest BCUT2D eigenvalue weighted by molar-refractivity contribution is 7.89. The zero-order valence-corrected chi connectivity index (χ0v) is 18.7. The van der Waals surface area contributed by atoms with Crippen molar-refractivity contribution in [1.29, 1.82) is 0 Å². The minimum Gasteiger partial charge on any atom is -0.339 e. The van der Waals surface area contributed by atoms with Crippen molar-refractivity contribution in [2.24, 2.45) is 0 Å². The van der Waals surface area contributed by atoms with E-state index in [0.717, 1.165) is 25.1 Å². The van der Waals surface area contributed by atoms with Crippen LogP contribution in [0.1, 0.15) is 17.5 Å². The van der Waals surface area contributed by atoms with E-state index in [4.69, 9.17) is 0 Å². The molecule has 0 unspecified atom stereocenters. The number of sulfonamides is 1. The van der Waals surface area contributed by atoms with E-state index in [1.54, 1.807) is 17.0 Å². The number of benzene rings is 2. The van der Waals surface area contributed by atoms with Crippen LogP contribution >= 0.6 is 0 Å². The van der Waals surface area contributed by atoms with Crippen LogP contribution in [-0.2, 0) is 14.8 Å². The van der Waals surface area contributed by atoms with Gasteiger partial charge in [-0.1, -0.05) is 54.1 Å². The lowest BCUT2D eigenvalue weighted by atomic mass is 9.99. The first kappa shape index (κ1) is 21.7. The van der Waals surface area contributed by atoms with Crippen molar-refractivity contribution in [1.82, 2.24) is 14.1 Å². The maximum Gasteiger partial charge on any atom is 0.243 e. The molecule has 1 saturated heterocycles. The Bertz CT molecular complexity index is 1040. The Morgan fingerprint density at radius 1 is 0.903 bits per heavy atom. The van der Waals surface area contributed by atoms with Crippen LogP contribution in [0.3, 0.4) is 0 Å². The van der Waals surface area contributed by atoms with Gasteiger partial charge in [-0.15, -0.1) is 0 Å². The second kappa shape index (κ2) is 9.34. The Hall–Kier alpha value is -2.48. The van der Waals surface area contributed by atoms with Crippen LogP contribution < -0.4 is 0 Å². The van der Waals surface area contributed by atoms with Crippen LogP contribution in [0.25, 0.3) is 5.57 Å². The van der Waals surface area contributed by atoms with Gasteiger partial charge in [-0.05, 0) is 36.6 Å². The van der Waals surface area contributed by atoms with Gasteiger partial charge in [0.1, 0.15) is 0 Å². The smallest absolute Gasteiger partial charge is 0.243 e. The highest BCUT2D eigenvalue weighted by Crippen LogP contribution is 2.22. The van der Waals surface area contributed by atoms with Crippen molar-refractivity contribution in [2.45, 2.75) is 18.2 Å². The molecule has 2 aliphatic rings. The lowest BCUT2D eigenvalue weighted by molar-refractivity contribution is -0.133. The Balaban J connectivity index is 1.29. The largest absolute Gasteiger partial charge is 0.339 e. The number of hydrogen-bond acceptors (Lipinski definition) is 4. The molecule has 7 heteroatoms. The van der Waals surface area contributed by atoms with Crippen LogP contribution in [0.5, 0.6) is 0 Å². The molecule has 0 aliphatic carbocycles. The second-order valence-corrected chi connectivity index (χ2v) is 10.1. The predicted octanol–water partition coefficient (Wildman–Crippen LogP) is 2.62. The molecule has 4 rings (SSSR count). The molecule has 1 amide bonds. The molecular formula is C24H29N3O3S. The lowest BCUT2D eigenvalue weighted by Crippen LogP contribution is -2.52. The SMILES string of the molecule is Cc1ccc(S(=O)(=O)N2CCN(C(=O)CN3CC=C(c4ccccc4)CC3)CC2)cc1. The maximum atomic E-state index is 12.8. The number of aryl methyl sites for hydroxylation is 1. The van der Waals surface area contributed by atoms with Gasteiger partial charge in [0.05, 0.1) is 11.4 Å². The standard InChI is InChI=1S/C24H29N3O3S/c1-20-7-9-23(10-8-20)31(29,30)27-17-15-26(16-18-27)24(28)19-25-13-11-22(12-14-25)21-5-3-2-4-6-21/h2-11H,12-19H2,1H3. The molecule has 0 spiro atoms. The normalized spacial score (nSPS) is 18.6. The fraction of sp³-hybridized carbons (Fsp3) is 0.375. The second-order valence-electron chi connectivity index (χ2n) is 8.18. The van der Waals surface area contributed by atoms with Crippen LogP contribution in [-0.4, -0.2) is 74.2 Å². The minimum absolute atomic E-state index is 0.0731. The van der Waals surface area contributed by atoms with Gasteiger partial charge in [0.15, 0.2) is 0 Å². The summed E-state index contributed by atoms with van der Waals surface area (Å²) in [4.78, 5) is 17.0. The third-order valence-electron chi connectivity index (χ3n) is 6.05. The van der Waals surface area contributed by atoms with Gasteiger partial charge in [-0.25, -0.2) is 8.42 Å². The van der Waals surface area contributed by atoms with Crippen molar-refractivity contribution in [2.75, 3.05) is 45.8 Å². The molecule has 0 radical (unpaired) electrons. The Labute approximate surface area is 184 Å². The van der Waals surface area contributed by atoms with E-state index in [2.05, 4.69) is 23.1 Å². The first-order chi connectivity index (χ1) is 14.9. The monoisotopic (exact) mass is 439 g/mol. The van der Waals surface area contributed by atoms with Crippen LogP contribution in [0.15, 0.2) is 65.6 Å². The molecule has 0 atom stereocenters. The molecule has 0 N–H and O–H groups in total. The number of rotatable bonds is 5. The van der Waals surface area contributed by atoms with Crippen molar-refractivity contribution in [3.8, 4) is 0 Å². The molecule has 2 heterocycles. The summed E-state index contributed by atoms with van der Waals surface area (Å²) in [5.41, 5.74) is 3.61. The Morgan fingerprint density at radius 2 is 1.58 bits per heavy atom. The van der Waals surface area contributed by atoms with Crippen molar-refractivity contribution in [3.63, 3.8) is 0 Å². The third kappa shape index (κ3) is 5.06. The maximum absolute atomic E-state index is 12.8. The van der Waals surface area contributed by atoms with E-state index in [0.29, 0.717) is 37.6 Å². The van der Waals surface area contributed by atoms with Gasteiger partial charge >= 0.3 is 0 Å². The van der Waals surface area contributed by atoms with E-state index in [1.165, 1.54) is 15.4 Å². The summed E-state index contributed by atoms with van der Waals surface area (Å²) in [6.07, 6.45) is 3.14. The van der Waals surface area contributed by atoms with Crippen LogP contribution in [0, 0.1) is 6.92 Å². The number of amides is 1. The van der Waals surface area contributed by atoms with Crippen molar-refractivity contribution < 1.29 is 13.2 Å². The highest BCUT2D eigenvalue weighted by atomic mass is 32.2. The summed E-state index contributed by atoms with van der Waals surface area (Å²) >= 11 is 0. The van der Waals surface area contributed by atoms with E-state index in [-0.39, 0.29) is 5.91 Å². The molecule has 31 heavy (non-hydrogen) atoms. The van der Waals surface area contributed by atoms with E-state index >= 15 is 0 Å². The average molecular weight is 440 g/mol. The molecular weight excluding hydrogens is 410 g/mol. The summed E-state index contributed by atoms with van der Waals surface area (Å²) < 4.78 is 27.2. The van der Waals surface area contributed by atoms with Gasteiger partial charge in [0.2, 0.25) is 15.9 Å². The van der Waals surface area contributed by atoms with E-state index < -0.39 is 10.0 Å². The summed E-state index contributed by atoms with van der Waals surface area (Å²) in [6, 6.07) is 17.3. The van der Waals surface area contributed by atoms with Crippen LogP contribution in [0.2, 0.25) is 0 Å². The van der Waals surface area contributed by atoms with Crippen LogP contribution in [0.4, 0.5) is 0 Å². The number of nitrogens with zero attached hydrogens (tertiary/aromatic N) is 3. The van der Waals surface area contributed by atoms with Crippen molar-refractivity contribution in [3.05, 3.63) is 71.8 Å². The van der Waals surface area contributed by atoms with E-state index in [9.17, 15) is 13.2 Å². The summed E-state index contributed by atoms with van der Waals surface area (Å²) in [7, 11) is -3.51. The van der Waals surface area contributed by atoms with Gasteiger partial charge < -0.3 is 4.90 Å². The molecule has 2 aromatic rings. The summed E-state index contributed by atoms with van der Waals surface area (Å²) in [5.74, 6) is 0.0731. The van der Waals surface area contributed by atoms with E-state index in [1.807, 2.05) is 37.3 Å². The fourth-order valence-electron chi connectivity index (χ4n) is 4.10. The summed E-state index contributed by atoms with van der Waals surface area (Å²) in [5, 5.41) is 0. The Kier molecular flexibility index (Phi) is 6.55. The fourth-order valence-corrected chi connectivity index (χ4v) is 5.52. The minimum atomic E-state index is -3.51. The van der Waals surface area contributed by atoms with Gasteiger partial charge in [0.25, 0.3) is 0 Å². The molecule has 2 aliphatic heterocycles. The van der Waals surface area contributed by atoms with Gasteiger partial charge in [-0.2, -0.15) is 4.31 Å². The molecule has 0 bridgehead atoms. The lowest BCUT2D eigenvalue weighted by Gasteiger charge is -2.35. The first-order valence-corrected chi connectivity index (χ1v) is 12.2. The van der Waals surface area contributed by atoms with Crippen molar-refractivity contribution >= 4 is 21.5 Å². The number of carbonyl (C=O) groups is 1. The third-order valence-corrected chi connectivity index (χ3v) is 7.96. The molecule has 0 saturated carbocycles. The zero-order chi connectivity index (χ0) is 21.8. The zero-order valence-electron chi connectivity index (χ0n) is 17.9. The topological polar surface area (TPSA) is 60.9 Å². The quantitative estimate of drug-likeness (QED) is 0.719. The predicted molar refractivity (Wildman–Crippen MR) is 122 cm³/mol. The molecule has 164 valence electrons. The molecule has 2 aromatic carbocycles. The Morgan fingerprint density at radius 3 is 2.19 bits per heavy atom. The number of hydrogen-bond donors (Lipinski definition) is 0. The molecule has 1 fully saturated rings. The highest BCUT2D eigenvalue weighted by Gasteiger charge is 2.30.